The van der Waals surface area contributed by atoms with Gasteiger partial charge in [-0.1, -0.05) is 18.6 Å². The summed E-state index contributed by atoms with van der Waals surface area (Å²) < 4.78 is 25.8. The van der Waals surface area contributed by atoms with Gasteiger partial charge < -0.3 is 5.43 Å². The van der Waals surface area contributed by atoms with Gasteiger partial charge in [-0.2, -0.15) is 0 Å². The van der Waals surface area contributed by atoms with Gasteiger partial charge in [0.15, 0.2) is 0 Å². The fraction of sp³-hybridized carbons (Fsp3) is 0.538. The van der Waals surface area contributed by atoms with E-state index in [4.69, 9.17) is 0 Å². The van der Waals surface area contributed by atoms with Crippen LogP contribution in [0.2, 0.25) is 0 Å². The summed E-state index contributed by atoms with van der Waals surface area (Å²) in [6.45, 7) is 1.91. The Balaban J connectivity index is 2.26. The standard InChI is InChI=1S/C13H21N3O2S/c1-15(2)19(17,18)13-9-5-4-8-12(13)14-16-10-6-3-7-11-16/h4-5,8-9,14H,3,6-7,10-11H2,1-2H3. The van der Waals surface area contributed by atoms with Crippen LogP contribution in [0.4, 0.5) is 5.69 Å². The molecule has 6 heteroatoms. The van der Waals surface area contributed by atoms with Crippen molar-refractivity contribution in [3.63, 3.8) is 0 Å². The van der Waals surface area contributed by atoms with Crippen molar-refractivity contribution >= 4 is 15.7 Å². The predicted molar refractivity (Wildman–Crippen MR) is 76.4 cm³/mol. The Labute approximate surface area is 115 Å². The molecule has 5 nitrogen and oxygen atoms in total. The lowest BCUT2D eigenvalue weighted by Gasteiger charge is -2.29. The van der Waals surface area contributed by atoms with Gasteiger partial charge in [0.05, 0.1) is 5.69 Å². The fourth-order valence-electron chi connectivity index (χ4n) is 2.16. The summed E-state index contributed by atoms with van der Waals surface area (Å²) in [5.41, 5.74) is 3.89. The average Bonchev–Trinajstić information content (AvgIpc) is 2.40. The van der Waals surface area contributed by atoms with Crippen molar-refractivity contribution in [2.45, 2.75) is 24.2 Å². The highest BCUT2D eigenvalue weighted by Gasteiger charge is 2.22. The van der Waals surface area contributed by atoms with Crippen molar-refractivity contribution in [2.24, 2.45) is 0 Å². The van der Waals surface area contributed by atoms with Crippen molar-refractivity contribution in [3.8, 4) is 0 Å². The van der Waals surface area contributed by atoms with E-state index in [2.05, 4.69) is 10.4 Å². The van der Waals surface area contributed by atoms with Crippen molar-refractivity contribution in [3.05, 3.63) is 24.3 Å². The first-order valence-electron chi connectivity index (χ1n) is 6.55. The molecule has 1 N–H and O–H groups in total. The van der Waals surface area contributed by atoms with Crippen LogP contribution in [0.1, 0.15) is 19.3 Å². The minimum Gasteiger partial charge on any atom is -0.318 e. The minimum absolute atomic E-state index is 0.325. The van der Waals surface area contributed by atoms with Crippen LogP contribution >= 0.6 is 0 Å². The van der Waals surface area contributed by atoms with Crippen LogP contribution in [0.3, 0.4) is 0 Å². The number of piperidine rings is 1. The molecule has 1 saturated heterocycles. The van der Waals surface area contributed by atoms with Gasteiger partial charge in [0.1, 0.15) is 4.90 Å². The average molecular weight is 283 g/mol. The second-order valence-electron chi connectivity index (χ2n) is 4.94. The monoisotopic (exact) mass is 283 g/mol. The van der Waals surface area contributed by atoms with Gasteiger partial charge in [-0.05, 0) is 25.0 Å². The van der Waals surface area contributed by atoms with Crippen LogP contribution in [0.5, 0.6) is 0 Å². The Morgan fingerprint density at radius 2 is 1.74 bits per heavy atom. The van der Waals surface area contributed by atoms with Crippen LogP contribution in [0, 0.1) is 0 Å². The van der Waals surface area contributed by atoms with Gasteiger partial charge >= 0.3 is 0 Å². The van der Waals surface area contributed by atoms with Crippen molar-refractivity contribution in [1.82, 2.24) is 9.31 Å². The summed E-state index contributed by atoms with van der Waals surface area (Å²) in [5, 5.41) is 2.09. The van der Waals surface area contributed by atoms with E-state index in [1.54, 1.807) is 26.2 Å². The molecule has 1 fully saturated rings. The van der Waals surface area contributed by atoms with Crippen molar-refractivity contribution in [2.75, 3.05) is 32.6 Å². The normalized spacial score (nSPS) is 17.6. The third-order valence-corrected chi connectivity index (χ3v) is 5.15. The van der Waals surface area contributed by atoms with Crippen LogP contribution in [-0.2, 0) is 10.0 Å². The van der Waals surface area contributed by atoms with E-state index in [9.17, 15) is 8.42 Å². The van der Waals surface area contributed by atoms with Crippen LogP contribution in [-0.4, -0.2) is 44.9 Å². The predicted octanol–water partition coefficient (Wildman–Crippen LogP) is 1.75. The molecule has 0 atom stereocenters. The lowest BCUT2D eigenvalue weighted by atomic mass is 10.2. The van der Waals surface area contributed by atoms with E-state index >= 15 is 0 Å². The topological polar surface area (TPSA) is 52.7 Å². The molecular weight excluding hydrogens is 262 g/mol. The lowest BCUT2D eigenvalue weighted by Crippen LogP contribution is -2.35. The van der Waals surface area contributed by atoms with Crippen LogP contribution in [0.15, 0.2) is 29.2 Å². The number of hydrogen-bond donors (Lipinski definition) is 1. The summed E-state index contributed by atoms with van der Waals surface area (Å²) in [4.78, 5) is 0.325. The van der Waals surface area contributed by atoms with E-state index in [1.807, 2.05) is 12.1 Å². The number of nitrogens with zero attached hydrogens (tertiary/aromatic N) is 2. The number of nitrogens with one attached hydrogen (secondary N) is 1. The van der Waals surface area contributed by atoms with Crippen LogP contribution in [0.25, 0.3) is 0 Å². The molecule has 0 radical (unpaired) electrons. The highest BCUT2D eigenvalue weighted by molar-refractivity contribution is 7.89. The summed E-state index contributed by atoms with van der Waals surface area (Å²) in [7, 11) is -0.317. The largest absolute Gasteiger partial charge is 0.318 e. The molecule has 0 aliphatic carbocycles. The number of hydrazine groups is 1. The summed E-state index contributed by atoms with van der Waals surface area (Å²) in [6, 6.07) is 7.05. The Kier molecular flexibility index (Phi) is 4.44. The highest BCUT2D eigenvalue weighted by atomic mass is 32.2. The van der Waals surface area contributed by atoms with Gasteiger partial charge in [-0.3, -0.25) is 0 Å². The fourth-order valence-corrected chi connectivity index (χ4v) is 3.19. The number of anilines is 1. The summed E-state index contributed by atoms with van der Waals surface area (Å²) in [6.07, 6.45) is 3.54. The number of sulfonamides is 1. The second-order valence-corrected chi connectivity index (χ2v) is 7.06. The van der Waals surface area contributed by atoms with E-state index in [0.29, 0.717) is 10.6 Å². The van der Waals surface area contributed by atoms with E-state index in [0.717, 1.165) is 25.9 Å². The highest BCUT2D eigenvalue weighted by Crippen LogP contribution is 2.24. The molecule has 19 heavy (non-hydrogen) atoms. The lowest BCUT2D eigenvalue weighted by molar-refractivity contribution is 0.272. The molecule has 0 aromatic heterocycles. The van der Waals surface area contributed by atoms with Crippen LogP contribution < -0.4 is 5.43 Å². The molecule has 1 aromatic carbocycles. The first kappa shape index (κ1) is 14.3. The molecule has 0 amide bonds. The third-order valence-electron chi connectivity index (χ3n) is 3.28. The van der Waals surface area contributed by atoms with Gasteiger partial charge in [-0.25, -0.2) is 17.7 Å². The van der Waals surface area contributed by atoms with Gasteiger partial charge in [0.25, 0.3) is 0 Å². The maximum Gasteiger partial charge on any atom is 0.244 e. The van der Waals surface area contributed by atoms with Gasteiger partial charge in [0.2, 0.25) is 10.0 Å². The molecule has 2 rings (SSSR count). The molecule has 0 unspecified atom stereocenters. The zero-order chi connectivity index (χ0) is 13.9. The Hall–Kier alpha value is -1.11. The first-order valence-corrected chi connectivity index (χ1v) is 7.99. The smallest absolute Gasteiger partial charge is 0.244 e. The Bertz CT molecular complexity index is 522. The first-order chi connectivity index (χ1) is 9.01. The molecule has 0 bridgehead atoms. The van der Waals surface area contributed by atoms with E-state index in [1.165, 1.54) is 10.7 Å². The van der Waals surface area contributed by atoms with E-state index < -0.39 is 10.0 Å². The second kappa shape index (κ2) is 5.90. The number of para-hydroxylation sites is 1. The van der Waals surface area contributed by atoms with E-state index in [-0.39, 0.29) is 0 Å². The van der Waals surface area contributed by atoms with Gasteiger partial charge in [0, 0.05) is 27.2 Å². The van der Waals surface area contributed by atoms with Crippen molar-refractivity contribution in [1.29, 1.82) is 0 Å². The summed E-state index contributed by atoms with van der Waals surface area (Å²) in [5.74, 6) is 0. The molecule has 1 aliphatic rings. The molecule has 1 aromatic rings. The Morgan fingerprint density at radius 3 is 2.37 bits per heavy atom. The molecule has 1 aliphatic heterocycles. The number of hydrogen-bond acceptors (Lipinski definition) is 4. The Morgan fingerprint density at radius 1 is 1.11 bits per heavy atom. The van der Waals surface area contributed by atoms with Gasteiger partial charge in [-0.15, -0.1) is 0 Å². The quantitative estimate of drug-likeness (QED) is 0.914. The number of benzene rings is 1. The zero-order valence-electron chi connectivity index (χ0n) is 11.5. The molecule has 0 saturated carbocycles. The maximum absolute atomic E-state index is 12.3. The summed E-state index contributed by atoms with van der Waals surface area (Å²) >= 11 is 0. The SMILES string of the molecule is CN(C)S(=O)(=O)c1ccccc1NN1CCCCC1. The maximum atomic E-state index is 12.3. The third kappa shape index (κ3) is 3.26. The minimum atomic E-state index is -3.41. The molecule has 0 spiro atoms. The molecule has 106 valence electrons. The molecular formula is C13H21N3O2S. The molecule has 1 heterocycles. The van der Waals surface area contributed by atoms with Crippen molar-refractivity contribution < 1.29 is 8.42 Å². The zero-order valence-corrected chi connectivity index (χ0v) is 12.3. The number of rotatable bonds is 4.